The van der Waals surface area contributed by atoms with Crippen LogP contribution in [-0.4, -0.2) is 20.0 Å². The third kappa shape index (κ3) is 3.32. The van der Waals surface area contributed by atoms with Crippen molar-refractivity contribution in [1.29, 1.82) is 5.26 Å². The van der Waals surface area contributed by atoms with Crippen LogP contribution in [0.3, 0.4) is 0 Å². The van der Waals surface area contributed by atoms with E-state index in [0.29, 0.717) is 5.57 Å². The largest absolute Gasteiger partial charge is 0.378 e. The van der Waals surface area contributed by atoms with Crippen LogP contribution in [0.4, 0.5) is 5.69 Å². The van der Waals surface area contributed by atoms with Gasteiger partial charge in [0.2, 0.25) is 0 Å². The summed E-state index contributed by atoms with van der Waals surface area (Å²) in [6.07, 6.45) is 0. The number of carbonyl (C=O) groups excluding carboxylic acids is 1. The predicted molar refractivity (Wildman–Crippen MR) is 109 cm³/mol. The molecule has 0 atom stereocenters. The van der Waals surface area contributed by atoms with Gasteiger partial charge in [-0.05, 0) is 59.2 Å². The molecule has 0 unspecified atom stereocenters. The number of thiophene rings is 1. The summed E-state index contributed by atoms with van der Waals surface area (Å²) in [5, 5.41) is 11.5. The molecule has 4 nitrogen and oxygen atoms in total. The van der Waals surface area contributed by atoms with E-state index in [9.17, 15) is 4.79 Å². The summed E-state index contributed by atoms with van der Waals surface area (Å²) >= 11 is 1.55. The minimum atomic E-state index is -0.692. The molecule has 2 aromatic carbocycles. The second-order valence-corrected chi connectivity index (χ2v) is 7.36. The SMILES string of the molecule is CC(=C(C#N)C(N)=O)c1ccc(-c2ccc3cc(N(C)C)ccc3c2)s1. The minimum Gasteiger partial charge on any atom is -0.378 e. The van der Waals surface area contributed by atoms with E-state index >= 15 is 0 Å². The maximum Gasteiger partial charge on any atom is 0.259 e. The minimum absolute atomic E-state index is 0.00752. The first-order chi connectivity index (χ1) is 12.4. The van der Waals surface area contributed by atoms with E-state index in [1.807, 2.05) is 32.3 Å². The van der Waals surface area contributed by atoms with Crippen LogP contribution < -0.4 is 10.6 Å². The Morgan fingerprint density at radius 1 is 1.08 bits per heavy atom. The van der Waals surface area contributed by atoms with Gasteiger partial charge >= 0.3 is 0 Å². The molecule has 3 rings (SSSR count). The monoisotopic (exact) mass is 361 g/mol. The number of amides is 1. The maximum atomic E-state index is 11.4. The third-order valence-corrected chi connectivity index (χ3v) is 5.59. The zero-order valence-electron chi connectivity index (χ0n) is 14.9. The summed E-state index contributed by atoms with van der Waals surface area (Å²) in [7, 11) is 4.06. The number of nitrogens with zero attached hydrogens (tertiary/aromatic N) is 2. The van der Waals surface area contributed by atoms with Gasteiger partial charge in [0.05, 0.1) is 0 Å². The highest BCUT2D eigenvalue weighted by Gasteiger charge is 2.13. The molecule has 0 spiro atoms. The number of primary amides is 1. The van der Waals surface area contributed by atoms with Crippen molar-refractivity contribution in [3.8, 4) is 16.5 Å². The summed E-state index contributed by atoms with van der Waals surface area (Å²) in [6.45, 7) is 1.75. The summed E-state index contributed by atoms with van der Waals surface area (Å²) in [4.78, 5) is 15.4. The van der Waals surface area contributed by atoms with E-state index in [-0.39, 0.29) is 5.57 Å². The van der Waals surface area contributed by atoms with Gasteiger partial charge in [0.1, 0.15) is 11.6 Å². The quantitative estimate of drug-likeness (QED) is 0.552. The number of fused-ring (bicyclic) bond motifs is 1. The number of allylic oxidation sites excluding steroid dienone is 1. The topological polar surface area (TPSA) is 70.1 Å². The van der Waals surface area contributed by atoms with Gasteiger partial charge in [-0.3, -0.25) is 4.79 Å². The average molecular weight is 361 g/mol. The molecule has 26 heavy (non-hydrogen) atoms. The number of nitrogens with two attached hydrogens (primary N) is 1. The van der Waals surface area contributed by atoms with Gasteiger partial charge in [0, 0.05) is 29.5 Å². The van der Waals surface area contributed by atoms with Crippen LogP contribution in [0.2, 0.25) is 0 Å². The fraction of sp³-hybridized carbons (Fsp3) is 0.143. The highest BCUT2D eigenvalue weighted by atomic mass is 32.1. The van der Waals surface area contributed by atoms with E-state index in [0.717, 1.165) is 15.3 Å². The molecule has 1 amide bonds. The molecule has 0 aliphatic heterocycles. The van der Waals surface area contributed by atoms with Crippen molar-refractivity contribution in [3.63, 3.8) is 0 Å². The summed E-state index contributed by atoms with van der Waals surface area (Å²) in [5.41, 5.74) is 8.18. The first-order valence-electron chi connectivity index (χ1n) is 8.13. The first kappa shape index (κ1) is 17.7. The molecule has 0 aliphatic rings. The number of nitriles is 1. The third-order valence-electron chi connectivity index (χ3n) is 4.33. The van der Waals surface area contributed by atoms with E-state index in [1.165, 1.54) is 16.5 Å². The maximum absolute atomic E-state index is 11.4. The van der Waals surface area contributed by atoms with Crippen molar-refractivity contribution in [2.24, 2.45) is 5.73 Å². The standard InChI is InChI=1S/C21H19N3OS/c1-13(18(12-22)21(23)25)19-8-9-20(26-19)16-5-4-15-11-17(24(2)3)7-6-14(15)10-16/h4-11H,1-3H3,(H2,23,25). The lowest BCUT2D eigenvalue weighted by molar-refractivity contribution is -0.114. The number of carbonyl (C=O) groups is 1. The molecule has 5 heteroatoms. The molecule has 0 saturated carbocycles. The zero-order chi connectivity index (χ0) is 18.8. The van der Waals surface area contributed by atoms with Crippen molar-refractivity contribution in [2.75, 3.05) is 19.0 Å². The van der Waals surface area contributed by atoms with Crippen molar-refractivity contribution in [1.82, 2.24) is 0 Å². The van der Waals surface area contributed by atoms with E-state index in [1.54, 1.807) is 18.3 Å². The Balaban J connectivity index is 2.01. The van der Waals surface area contributed by atoms with Crippen LogP contribution in [0.1, 0.15) is 11.8 Å². The van der Waals surface area contributed by atoms with Crippen molar-refractivity contribution in [3.05, 3.63) is 59.0 Å². The number of rotatable bonds is 4. The Morgan fingerprint density at radius 3 is 2.42 bits per heavy atom. The van der Waals surface area contributed by atoms with Crippen LogP contribution >= 0.6 is 11.3 Å². The van der Waals surface area contributed by atoms with Crippen LogP contribution in [0, 0.1) is 11.3 Å². The molecule has 0 fully saturated rings. The van der Waals surface area contributed by atoms with Crippen LogP contribution in [0.5, 0.6) is 0 Å². The van der Waals surface area contributed by atoms with Gasteiger partial charge in [0.15, 0.2) is 0 Å². The lowest BCUT2D eigenvalue weighted by Crippen LogP contribution is -2.13. The van der Waals surface area contributed by atoms with Crippen molar-refractivity contribution >= 4 is 39.3 Å². The molecule has 0 aliphatic carbocycles. The van der Waals surface area contributed by atoms with E-state index < -0.39 is 5.91 Å². The lowest BCUT2D eigenvalue weighted by atomic mass is 10.0. The summed E-state index contributed by atoms with van der Waals surface area (Å²) < 4.78 is 0. The fourth-order valence-corrected chi connectivity index (χ4v) is 3.82. The van der Waals surface area contributed by atoms with Gasteiger partial charge in [0.25, 0.3) is 5.91 Å². The number of benzene rings is 2. The Morgan fingerprint density at radius 2 is 1.77 bits per heavy atom. The molecule has 1 heterocycles. The predicted octanol–water partition coefficient (Wildman–Crippen LogP) is 4.42. The van der Waals surface area contributed by atoms with E-state index in [4.69, 9.17) is 11.0 Å². The smallest absolute Gasteiger partial charge is 0.259 e. The molecule has 3 aromatic rings. The molecular weight excluding hydrogens is 342 g/mol. The second-order valence-electron chi connectivity index (χ2n) is 6.28. The molecule has 1 aromatic heterocycles. The normalized spacial score (nSPS) is 11.8. The highest BCUT2D eigenvalue weighted by Crippen LogP contribution is 2.34. The number of anilines is 1. The Bertz CT molecular complexity index is 1070. The van der Waals surface area contributed by atoms with Gasteiger partial charge in [-0.1, -0.05) is 18.2 Å². The molecule has 0 radical (unpaired) electrons. The molecule has 0 saturated heterocycles. The Hall–Kier alpha value is -3.10. The van der Waals surface area contributed by atoms with Crippen LogP contribution in [0.15, 0.2) is 54.1 Å². The average Bonchev–Trinajstić information content (AvgIpc) is 3.11. The van der Waals surface area contributed by atoms with Gasteiger partial charge in [-0.25, -0.2) is 0 Å². The lowest BCUT2D eigenvalue weighted by Gasteiger charge is -2.13. The molecule has 2 N–H and O–H groups in total. The molecular formula is C21H19N3OS. The van der Waals surface area contributed by atoms with Crippen molar-refractivity contribution in [2.45, 2.75) is 6.92 Å². The van der Waals surface area contributed by atoms with Gasteiger partial charge < -0.3 is 10.6 Å². The van der Waals surface area contributed by atoms with Crippen LogP contribution in [-0.2, 0) is 4.79 Å². The van der Waals surface area contributed by atoms with Crippen molar-refractivity contribution < 1.29 is 4.79 Å². The van der Waals surface area contributed by atoms with Crippen LogP contribution in [0.25, 0.3) is 26.8 Å². The Labute approximate surface area is 156 Å². The first-order valence-corrected chi connectivity index (χ1v) is 8.95. The second kappa shape index (κ2) is 7.03. The zero-order valence-corrected chi connectivity index (χ0v) is 15.7. The van der Waals surface area contributed by atoms with Gasteiger partial charge in [-0.15, -0.1) is 11.3 Å². The number of hydrogen-bond donors (Lipinski definition) is 1. The molecule has 0 bridgehead atoms. The highest BCUT2D eigenvalue weighted by molar-refractivity contribution is 7.16. The fourth-order valence-electron chi connectivity index (χ4n) is 2.81. The van der Waals surface area contributed by atoms with E-state index in [2.05, 4.69) is 41.3 Å². The molecule has 130 valence electrons. The number of hydrogen-bond acceptors (Lipinski definition) is 4. The summed E-state index contributed by atoms with van der Waals surface area (Å²) in [5.74, 6) is -0.692. The Kier molecular flexibility index (Phi) is 4.79. The summed E-state index contributed by atoms with van der Waals surface area (Å²) in [6, 6.07) is 18.6. The van der Waals surface area contributed by atoms with Gasteiger partial charge in [-0.2, -0.15) is 5.26 Å².